The maximum absolute atomic E-state index is 12.6. The summed E-state index contributed by atoms with van der Waals surface area (Å²) in [5.41, 5.74) is 6.43. The molecule has 0 amide bonds. The van der Waals surface area contributed by atoms with Gasteiger partial charge in [0.25, 0.3) is 10.1 Å². The first kappa shape index (κ1) is 22.7. The molecule has 3 aromatic rings. The molecule has 0 aliphatic carbocycles. The van der Waals surface area contributed by atoms with Crippen molar-refractivity contribution in [1.82, 2.24) is 9.78 Å². The number of nitrogens with zero attached hydrogens (tertiary/aromatic N) is 2. The molecule has 0 aliphatic heterocycles. The zero-order valence-electron chi connectivity index (χ0n) is 17.4. The summed E-state index contributed by atoms with van der Waals surface area (Å²) >= 11 is 0. The lowest BCUT2D eigenvalue weighted by molar-refractivity contribution is 0.00539. The second kappa shape index (κ2) is 9.01. The monoisotopic (exact) mass is 443 g/mol. The Bertz CT molecular complexity index is 1150. The van der Waals surface area contributed by atoms with Gasteiger partial charge >= 0.3 is 0 Å². The highest BCUT2D eigenvalue weighted by atomic mass is 32.2. The van der Waals surface area contributed by atoms with Crippen LogP contribution >= 0.6 is 0 Å². The summed E-state index contributed by atoms with van der Waals surface area (Å²) in [4.78, 5) is 12.6. The number of aliphatic hydroxyl groups is 1. The third-order valence-corrected chi connectivity index (χ3v) is 6.11. The number of hydrogen-bond donors (Lipinski definition) is 2. The van der Waals surface area contributed by atoms with Gasteiger partial charge < -0.3 is 10.8 Å². The zero-order valence-corrected chi connectivity index (χ0v) is 18.2. The molecule has 1 atom stereocenters. The molecule has 9 heteroatoms. The predicted molar refractivity (Wildman–Crippen MR) is 116 cm³/mol. The first-order valence-corrected chi connectivity index (χ1v) is 11.1. The van der Waals surface area contributed by atoms with Crippen LogP contribution in [0.1, 0.15) is 35.7 Å². The van der Waals surface area contributed by atoms with Gasteiger partial charge in [-0.2, -0.15) is 13.5 Å². The quantitative estimate of drug-likeness (QED) is 0.385. The number of benzene rings is 2. The van der Waals surface area contributed by atoms with Crippen LogP contribution in [-0.4, -0.2) is 41.3 Å². The molecule has 0 aliphatic rings. The molecule has 164 valence electrons. The minimum atomic E-state index is -4.01. The van der Waals surface area contributed by atoms with Crippen molar-refractivity contribution in [2.45, 2.75) is 37.2 Å². The van der Waals surface area contributed by atoms with Crippen LogP contribution in [0.2, 0.25) is 0 Å². The Morgan fingerprint density at radius 2 is 1.81 bits per heavy atom. The second-order valence-corrected chi connectivity index (χ2v) is 9.26. The number of ketones is 1. The average Bonchev–Trinajstić information content (AvgIpc) is 3.13. The van der Waals surface area contributed by atoms with E-state index in [2.05, 4.69) is 5.10 Å². The smallest absolute Gasteiger partial charge is 0.297 e. The number of aromatic nitrogens is 2. The molecule has 1 unspecified atom stereocenters. The fraction of sp³-hybridized carbons (Fsp3) is 0.273. The van der Waals surface area contributed by atoms with Crippen LogP contribution in [0.15, 0.2) is 65.7 Å². The molecule has 1 aromatic heterocycles. The van der Waals surface area contributed by atoms with Crippen molar-refractivity contribution < 1.29 is 22.5 Å². The van der Waals surface area contributed by atoms with Crippen LogP contribution < -0.4 is 5.73 Å². The molecule has 0 radical (unpaired) electrons. The molecule has 0 spiro atoms. The molecule has 0 bridgehead atoms. The predicted octanol–water partition coefficient (Wildman–Crippen LogP) is 2.88. The van der Waals surface area contributed by atoms with E-state index in [1.165, 1.54) is 29.9 Å². The minimum Gasteiger partial charge on any atom is -0.388 e. The van der Waals surface area contributed by atoms with Crippen molar-refractivity contribution in [3.63, 3.8) is 0 Å². The summed E-state index contributed by atoms with van der Waals surface area (Å²) in [6.07, 6.45) is 1.33. The van der Waals surface area contributed by atoms with Gasteiger partial charge in [0.15, 0.2) is 5.78 Å². The number of aryl methyl sites for hydroxylation is 1. The Kier molecular flexibility index (Phi) is 6.59. The molecule has 3 N–H and O–H groups in total. The number of anilines is 1. The van der Waals surface area contributed by atoms with Gasteiger partial charge in [-0.1, -0.05) is 35.9 Å². The topological polar surface area (TPSA) is 125 Å². The van der Waals surface area contributed by atoms with E-state index >= 15 is 0 Å². The molecule has 0 saturated carbocycles. The molecule has 0 fully saturated rings. The van der Waals surface area contributed by atoms with Crippen molar-refractivity contribution >= 4 is 21.7 Å². The van der Waals surface area contributed by atoms with Gasteiger partial charge in [-0.3, -0.25) is 8.98 Å². The van der Waals surface area contributed by atoms with Crippen LogP contribution in [0.4, 0.5) is 5.82 Å². The molecular weight excluding hydrogens is 418 g/mol. The van der Waals surface area contributed by atoms with Crippen LogP contribution in [0.5, 0.6) is 0 Å². The average molecular weight is 444 g/mol. The van der Waals surface area contributed by atoms with Gasteiger partial charge in [0.1, 0.15) is 5.82 Å². The fourth-order valence-electron chi connectivity index (χ4n) is 2.91. The largest absolute Gasteiger partial charge is 0.388 e. The third kappa shape index (κ3) is 5.57. The van der Waals surface area contributed by atoms with Crippen LogP contribution in [0, 0.1) is 6.92 Å². The maximum atomic E-state index is 12.6. The van der Waals surface area contributed by atoms with Gasteiger partial charge in [-0.05, 0) is 44.5 Å². The number of para-hydroxylation sites is 1. The maximum Gasteiger partial charge on any atom is 0.297 e. The number of carbonyl (C=O) groups excluding carboxylic acids is 1. The number of rotatable bonds is 9. The highest BCUT2D eigenvalue weighted by Crippen LogP contribution is 2.22. The molecular formula is C22H25N3O5S. The lowest BCUT2D eigenvalue weighted by atomic mass is 9.98. The van der Waals surface area contributed by atoms with E-state index in [0.717, 1.165) is 11.3 Å². The van der Waals surface area contributed by atoms with Crippen molar-refractivity contribution in [2.75, 3.05) is 12.3 Å². The Morgan fingerprint density at radius 1 is 1.16 bits per heavy atom. The van der Waals surface area contributed by atoms with Gasteiger partial charge in [0.05, 0.1) is 34.6 Å². The highest BCUT2D eigenvalue weighted by Gasteiger charge is 2.27. The lowest BCUT2D eigenvalue weighted by Gasteiger charge is -2.22. The van der Waals surface area contributed by atoms with E-state index in [9.17, 15) is 18.3 Å². The van der Waals surface area contributed by atoms with Crippen molar-refractivity contribution in [3.05, 3.63) is 71.9 Å². The van der Waals surface area contributed by atoms with E-state index in [-0.39, 0.29) is 34.9 Å². The first-order chi connectivity index (χ1) is 14.6. The van der Waals surface area contributed by atoms with Crippen molar-refractivity contribution in [2.24, 2.45) is 0 Å². The Balaban J connectivity index is 1.60. The summed E-state index contributed by atoms with van der Waals surface area (Å²) in [6, 6.07) is 15.4. The Labute approximate surface area is 181 Å². The van der Waals surface area contributed by atoms with Gasteiger partial charge in [0.2, 0.25) is 0 Å². The summed E-state index contributed by atoms with van der Waals surface area (Å²) in [5, 5.41) is 14.7. The van der Waals surface area contributed by atoms with Gasteiger partial charge in [-0.15, -0.1) is 0 Å². The highest BCUT2D eigenvalue weighted by molar-refractivity contribution is 7.86. The van der Waals surface area contributed by atoms with Crippen molar-refractivity contribution in [3.8, 4) is 5.69 Å². The molecule has 31 heavy (non-hydrogen) atoms. The Hall–Kier alpha value is -3.01. The van der Waals surface area contributed by atoms with Crippen molar-refractivity contribution in [1.29, 1.82) is 0 Å². The SMILES string of the molecule is Cc1ccc(S(=O)(=O)OCC(C)(O)CCC(=O)c2cnn(-c3ccccc3)c2N)cc1. The Morgan fingerprint density at radius 3 is 2.45 bits per heavy atom. The zero-order chi connectivity index (χ0) is 22.6. The number of hydrogen-bond acceptors (Lipinski definition) is 7. The summed E-state index contributed by atoms with van der Waals surface area (Å²) in [5.74, 6) is -0.101. The standard InChI is InChI=1S/C22H25N3O5S/c1-16-8-10-18(11-9-16)31(28,29)30-15-22(2,27)13-12-20(26)19-14-24-25(21(19)23)17-6-4-3-5-7-17/h3-11,14,27H,12-13,15,23H2,1-2H3. The molecule has 1 heterocycles. The van der Waals surface area contributed by atoms with E-state index in [4.69, 9.17) is 9.92 Å². The molecule has 0 saturated heterocycles. The van der Waals surface area contributed by atoms with Crippen LogP contribution in [0.25, 0.3) is 5.69 Å². The number of nitrogen functional groups attached to an aromatic ring is 1. The molecule has 8 nitrogen and oxygen atoms in total. The summed E-state index contributed by atoms with van der Waals surface area (Å²) in [6.45, 7) is 2.78. The van der Waals surface area contributed by atoms with Gasteiger partial charge in [0, 0.05) is 6.42 Å². The minimum absolute atomic E-state index is 0.00563. The first-order valence-electron chi connectivity index (χ1n) is 9.70. The second-order valence-electron chi connectivity index (χ2n) is 7.64. The van der Waals surface area contributed by atoms with E-state index in [1.54, 1.807) is 12.1 Å². The van der Waals surface area contributed by atoms with Crippen LogP contribution in [-0.2, 0) is 14.3 Å². The van der Waals surface area contributed by atoms with E-state index in [0.29, 0.717) is 0 Å². The summed E-state index contributed by atoms with van der Waals surface area (Å²) < 4.78 is 31.1. The number of Topliss-reactive ketones (excluding diaryl/α,β-unsaturated/α-hetero) is 1. The third-order valence-electron chi connectivity index (χ3n) is 4.83. The fourth-order valence-corrected chi connectivity index (χ4v) is 3.93. The molecule has 3 rings (SSSR count). The van der Waals surface area contributed by atoms with E-state index < -0.39 is 22.3 Å². The van der Waals surface area contributed by atoms with E-state index in [1.807, 2.05) is 37.3 Å². The van der Waals surface area contributed by atoms with Crippen LogP contribution in [0.3, 0.4) is 0 Å². The van der Waals surface area contributed by atoms with Gasteiger partial charge in [-0.25, -0.2) is 4.68 Å². The molecule has 2 aromatic carbocycles. The summed E-state index contributed by atoms with van der Waals surface area (Å²) in [7, 11) is -4.01. The number of carbonyl (C=O) groups is 1. The lowest BCUT2D eigenvalue weighted by Crippen LogP contribution is -2.32. The normalized spacial score (nSPS) is 13.6. The number of nitrogens with two attached hydrogens (primary N) is 1.